The van der Waals surface area contributed by atoms with Gasteiger partial charge in [0.15, 0.2) is 0 Å². The fourth-order valence-electron chi connectivity index (χ4n) is 7.56. The number of carboxylic acids is 1. The minimum atomic E-state index is -4.65. The van der Waals surface area contributed by atoms with Crippen molar-refractivity contribution < 1.29 is 42.3 Å². The molecule has 0 bridgehead atoms. The molecule has 3 atom stereocenters. The van der Waals surface area contributed by atoms with Crippen LogP contribution in [0.2, 0.25) is 10.0 Å². The average Bonchev–Trinajstić information content (AvgIpc) is 3.31. The highest BCUT2D eigenvalue weighted by Gasteiger charge is 2.42. The number of halogens is 2. The summed E-state index contributed by atoms with van der Waals surface area (Å²) in [6, 6.07) is 32.4. The number of hydrogen-bond acceptors (Lipinski definition) is 10. The zero-order valence-electron chi connectivity index (χ0n) is 33.8. The number of amides is 2. The molecule has 18 heteroatoms. The number of nitriles is 1. The third kappa shape index (κ3) is 9.64. The number of nitrogens with one attached hydrogen (secondary N) is 2. The van der Waals surface area contributed by atoms with Crippen molar-refractivity contribution >= 4 is 62.4 Å². The zero-order chi connectivity index (χ0) is 46.0. The number of ether oxygens (including phenoxy) is 2. The van der Waals surface area contributed by atoms with E-state index in [2.05, 4.69) is 16.7 Å². The van der Waals surface area contributed by atoms with Crippen molar-refractivity contribution in [1.29, 1.82) is 5.26 Å². The van der Waals surface area contributed by atoms with Crippen LogP contribution in [0, 0.1) is 21.4 Å². The monoisotopic (exact) mass is 931 g/mol. The van der Waals surface area contributed by atoms with E-state index >= 15 is 0 Å². The van der Waals surface area contributed by atoms with E-state index < -0.39 is 68.0 Å². The van der Waals surface area contributed by atoms with Crippen molar-refractivity contribution in [1.82, 2.24) is 9.62 Å². The molecule has 2 aliphatic heterocycles. The van der Waals surface area contributed by atoms with Crippen LogP contribution in [0.15, 0.2) is 132 Å². The lowest BCUT2D eigenvalue weighted by molar-refractivity contribution is -0.385. The Labute approximate surface area is 381 Å². The predicted octanol–water partition coefficient (Wildman–Crippen LogP) is 8.02. The number of nitro groups is 1. The third-order valence-electron chi connectivity index (χ3n) is 11.0. The van der Waals surface area contributed by atoms with Gasteiger partial charge < -0.3 is 25.2 Å². The quantitative estimate of drug-likeness (QED) is 0.0744. The molecule has 0 spiro atoms. The molecule has 6 aromatic rings. The zero-order valence-corrected chi connectivity index (χ0v) is 36.1. The standard InChI is InChI=1S/C47H35Cl2N5O10S/c48-38-17-8-29(18-39(38)49)26-63-36-15-13-32(14-16-36)44-46(56)51-40-20-33-21-42(53(25-34(33)22-43(40)64-44)65(61,62)37-3-1-2-35(23-37)54(59)60)45(55)52-41(47(57)58)19-27-4-9-30(10-5-27)31-11-6-28(24-50)7-12-31/h1-18,20,22-23,41-42,44H,19,21,25-26H2,(H,51,56)(H,52,55)(H,57,58)/t41-,42?,44-/m0/s1. The van der Waals surface area contributed by atoms with Crippen molar-refractivity contribution in [3.63, 3.8) is 0 Å². The Morgan fingerprint density at radius 3 is 2.28 bits per heavy atom. The van der Waals surface area contributed by atoms with Gasteiger partial charge in [0.1, 0.15) is 30.2 Å². The molecule has 6 aromatic carbocycles. The van der Waals surface area contributed by atoms with Crippen molar-refractivity contribution in [2.24, 2.45) is 0 Å². The number of fused-ring (bicyclic) bond motifs is 2. The Morgan fingerprint density at radius 2 is 1.62 bits per heavy atom. The summed E-state index contributed by atoms with van der Waals surface area (Å²) in [7, 11) is -4.65. The summed E-state index contributed by atoms with van der Waals surface area (Å²) >= 11 is 12.1. The van der Waals surface area contributed by atoms with Crippen LogP contribution in [0.4, 0.5) is 11.4 Å². The predicted molar refractivity (Wildman–Crippen MR) is 239 cm³/mol. The molecular formula is C47H35Cl2N5O10S. The smallest absolute Gasteiger partial charge is 0.326 e. The number of non-ortho nitro benzene ring substituents is 1. The van der Waals surface area contributed by atoms with E-state index in [4.69, 9.17) is 37.9 Å². The molecule has 0 radical (unpaired) electrons. The molecular weight excluding hydrogens is 898 g/mol. The number of nitrogens with zero attached hydrogens (tertiary/aromatic N) is 3. The van der Waals surface area contributed by atoms with Crippen molar-refractivity contribution in [3.05, 3.63) is 181 Å². The number of rotatable bonds is 13. The molecule has 0 aliphatic carbocycles. The Hall–Kier alpha value is -7.29. The highest BCUT2D eigenvalue weighted by molar-refractivity contribution is 7.89. The lowest BCUT2D eigenvalue weighted by atomic mass is 9.93. The highest BCUT2D eigenvalue weighted by Crippen LogP contribution is 2.41. The van der Waals surface area contributed by atoms with Gasteiger partial charge in [-0.05, 0) is 94.4 Å². The molecule has 1 unspecified atom stereocenters. The summed E-state index contributed by atoms with van der Waals surface area (Å²) in [4.78, 5) is 50.8. The van der Waals surface area contributed by atoms with Crippen LogP contribution in [0.5, 0.6) is 11.5 Å². The van der Waals surface area contributed by atoms with Crippen LogP contribution in [0.3, 0.4) is 0 Å². The van der Waals surface area contributed by atoms with Crippen LogP contribution in [-0.4, -0.2) is 52.6 Å². The second-order valence-corrected chi connectivity index (χ2v) is 17.9. The normalized spacial score (nSPS) is 16.1. The van der Waals surface area contributed by atoms with Crippen LogP contribution in [0.1, 0.15) is 39.5 Å². The molecule has 328 valence electrons. The Kier molecular flexibility index (Phi) is 12.6. The highest BCUT2D eigenvalue weighted by atomic mass is 35.5. The second-order valence-electron chi connectivity index (χ2n) is 15.2. The van der Waals surface area contributed by atoms with Crippen LogP contribution < -0.4 is 20.1 Å². The maximum atomic E-state index is 14.4. The summed E-state index contributed by atoms with van der Waals surface area (Å²) < 4.78 is 41.8. The molecule has 0 fully saturated rings. The van der Waals surface area contributed by atoms with E-state index in [-0.39, 0.29) is 30.9 Å². The van der Waals surface area contributed by atoms with E-state index in [0.717, 1.165) is 33.1 Å². The molecule has 8 rings (SSSR count). The van der Waals surface area contributed by atoms with Gasteiger partial charge in [-0.3, -0.25) is 19.7 Å². The lowest BCUT2D eigenvalue weighted by Crippen LogP contribution is -2.55. The molecule has 0 saturated heterocycles. The molecule has 15 nitrogen and oxygen atoms in total. The van der Waals surface area contributed by atoms with Crippen molar-refractivity contribution in [3.8, 4) is 28.7 Å². The number of benzene rings is 6. The summed E-state index contributed by atoms with van der Waals surface area (Å²) in [6.45, 7) is -0.198. The van der Waals surface area contributed by atoms with Crippen LogP contribution in [0.25, 0.3) is 11.1 Å². The fourth-order valence-corrected chi connectivity index (χ4v) is 9.49. The number of hydrogen-bond donors (Lipinski definition) is 3. The topological polar surface area (TPSA) is 218 Å². The van der Waals surface area contributed by atoms with Gasteiger partial charge in [-0.25, -0.2) is 13.2 Å². The first kappa shape index (κ1) is 44.3. The number of carboxylic acid groups (broad SMARTS) is 1. The van der Waals surface area contributed by atoms with Crippen molar-refractivity contribution in [2.75, 3.05) is 5.32 Å². The first-order chi connectivity index (χ1) is 31.2. The summed E-state index contributed by atoms with van der Waals surface area (Å²) in [5, 5.41) is 37.2. The number of carbonyl (C=O) groups is 3. The number of anilines is 1. The maximum Gasteiger partial charge on any atom is 0.326 e. The number of carbonyl (C=O) groups excluding carboxylic acids is 2. The minimum absolute atomic E-state index is 0.151. The van der Waals surface area contributed by atoms with Gasteiger partial charge in [-0.2, -0.15) is 9.57 Å². The van der Waals surface area contributed by atoms with E-state index in [0.29, 0.717) is 43.6 Å². The minimum Gasteiger partial charge on any atom is -0.489 e. The number of aliphatic carboxylic acids is 1. The molecule has 2 heterocycles. The molecule has 0 saturated carbocycles. The molecule has 2 amide bonds. The SMILES string of the molecule is N#Cc1ccc(-c2ccc(C[C@H](NC(=O)C3Cc4cc5c(cc4CN3S(=O)(=O)c3cccc([N+](=O)[O-])c3)O[C@@H](c3ccc(OCc4ccc(Cl)c(Cl)c4)cc3)C(=O)N5)C(=O)O)cc2)cc1. The second kappa shape index (κ2) is 18.4. The Balaban J connectivity index is 1.04. The van der Waals surface area contributed by atoms with Gasteiger partial charge in [0, 0.05) is 30.7 Å². The average molecular weight is 933 g/mol. The molecule has 65 heavy (non-hydrogen) atoms. The molecule has 2 aliphatic rings. The van der Waals surface area contributed by atoms with Crippen LogP contribution in [-0.2, 0) is 50.4 Å². The number of nitro benzene ring substituents is 1. The molecule has 3 N–H and O–H groups in total. The summed E-state index contributed by atoms with van der Waals surface area (Å²) in [5.74, 6) is -2.05. The van der Waals surface area contributed by atoms with E-state index in [1.54, 1.807) is 103 Å². The van der Waals surface area contributed by atoms with E-state index in [9.17, 15) is 38.0 Å². The van der Waals surface area contributed by atoms with Crippen LogP contribution >= 0.6 is 23.2 Å². The maximum absolute atomic E-state index is 14.4. The number of sulfonamides is 1. The first-order valence-corrected chi connectivity index (χ1v) is 22.1. The largest absolute Gasteiger partial charge is 0.489 e. The first-order valence-electron chi connectivity index (χ1n) is 19.9. The van der Waals surface area contributed by atoms with Gasteiger partial charge in [0.2, 0.25) is 22.0 Å². The van der Waals surface area contributed by atoms with Gasteiger partial charge >= 0.3 is 5.97 Å². The van der Waals surface area contributed by atoms with E-state index in [1.807, 2.05) is 0 Å². The third-order valence-corrected chi connectivity index (χ3v) is 13.6. The van der Waals surface area contributed by atoms with Crippen molar-refractivity contribution in [2.45, 2.75) is 49.1 Å². The molecule has 0 aromatic heterocycles. The Bertz CT molecular complexity index is 3020. The van der Waals surface area contributed by atoms with Gasteiger partial charge in [0.25, 0.3) is 11.6 Å². The van der Waals surface area contributed by atoms with Gasteiger partial charge in [-0.15, -0.1) is 0 Å². The summed E-state index contributed by atoms with van der Waals surface area (Å²) in [5.41, 5.74) is 4.68. The lowest BCUT2D eigenvalue weighted by Gasteiger charge is -2.36. The van der Waals surface area contributed by atoms with Gasteiger partial charge in [-0.1, -0.05) is 83.9 Å². The Morgan fingerprint density at radius 1 is 0.923 bits per heavy atom. The van der Waals surface area contributed by atoms with Gasteiger partial charge in [0.05, 0.1) is 37.2 Å². The van der Waals surface area contributed by atoms with E-state index in [1.165, 1.54) is 12.1 Å². The fraction of sp³-hybridized carbons (Fsp3) is 0.149. The summed E-state index contributed by atoms with van der Waals surface area (Å²) in [6.07, 6.45) is -1.50.